The Morgan fingerprint density at radius 2 is 1.58 bits per heavy atom. The Hall–Kier alpha value is -3.47. The molecule has 2 amide bonds. The van der Waals surface area contributed by atoms with E-state index in [4.69, 9.17) is 32.7 Å². The van der Waals surface area contributed by atoms with E-state index in [2.05, 4.69) is 5.32 Å². The number of amides is 2. The summed E-state index contributed by atoms with van der Waals surface area (Å²) in [7, 11) is -4.24. The third kappa shape index (κ3) is 7.74. The van der Waals surface area contributed by atoms with Crippen molar-refractivity contribution in [2.45, 2.75) is 44.7 Å². The standard InChI is InChI=1S/C31H35Cl2N3O6S/c1-4-27(31(38)34-18-21(2)3)35(19-24-25(32)11-8-12-26(24)33)30(37)20-36(43(39,40)23-9-6-5-7-10-23)22-13-14-28-29(17-22)42-16-15-41-28/h5-14,17,21,27H,4,15-16,18-20H2,1-3H3,(H,34,38)/t27-/m0/s1. The van der Waals surface area contributed by atoms with Gasteiger partial charge in [-0.05, 0) is 48.7 Å². The molecule has 0 aromatic heterocycles. The summed E-state index contributed by atoms with van der Waals surface area (Å²) in [6, 6.07) is 16.6. The van der Waals surface area contributed by atoms with Crippen LogP contribution in [0.1, 0.15) is 32.8 Å². The first-order valence-electron chi connectivity index (χ1n) is 14.0. The molecule has 9 nitrogen and oxygen atoms in total. The number of fused-ring (bicyclic) bond motifs is 1. The smallest absolute Gasteiger partial charge is 0.264 e. The molecule has 0 radical (unpaired) electrons. The largest absolute Gasteiger partial charge is 0.486 e. The van der Waals surface area contributed by atoms with Gasteiger partial charge in [0.15, 0.2) is 11.5 Å². The van der Waals surface area contributed by atoms with E-state index in [1.54, 1.807) is 55.5 Å². The monoisotopic (exact) mass is 647 g/mol. The highest BCUT2D eigenvalue weighted by molar-refractivity contribution is 7.92. The van der Waals surface area contributed by atoms with Crippen molar-refractivity contribution in [1.29, 1.82) is 0 Å². The molecule has 1 aliphatic rings. The molecule has 1 heterocycles. The van der Waals surface area contributed by atoms with Crippen LogP contribution in [0.5, 0.6) is 11.5 Å². The lowest BCUT2D eigenvalue weighted by atomic mass is 10.1. The Balaban J connectivity index is 1.77. The number of hydrogen-bond acceptors (Lipinski definition) is 6. The van der Waals surface area contributed by atoms with E-state index < -0.39 is 28.5 Å². The number of rotatable bonds is 12. The minimum atomic E-state index is -4.24. The zero-order chi connectivity index (χ0) is 31.1. The fourth-order valence-electron chi connectivity index (χ4n) is 4.63. The first-order chi connectivity index (χ1) is 20.5. The van der Waals surface area contributed by atoms with Crippen LogP contribution in [0, 0.1) is 5.92 Å². The van der Waals surface area contributed by atoms with Gasteiger partial charge in [0.25, 0.3) is 10.0 Å². The van der Waals surface area contributed by atoms with E-state index in [0.717, 1.165) is 4.31 Å². The highest BCUT2D eigenvalue weighted by Crippen LogP contribution is 2.36. The molecule has 3 aromatic carbocycles. The van der Waals surface area contributed by atoms with Crippen LogP contribution in [0.25, 0.3) is 0 Å². The van der Waals surface area contributed by atoms with Crippen LogP contribution in [0.2, 0.25) is 10.0 Å². The molecule has 1 N–H and O–H groups in total. The molecule has 3 aromatic rings. The summed E-state index contributed by atoms with van der Waals surface area (Å²) >= 11 is 13.0. The van der Waals surface area contributed by atoms with Crippen LogP contribution < -0.4 is 19.1 Å². The molecule has 0 bridgehead atoms. The SMILES string of the molecule is CC[C@@H](C(=O)NCC(C)C)N(Cc1c(Cl)cccc1Cl)C(=O)CN(c1ccc2c(c1)OCCO2)S(=O)(=O)c1ccccc1. The Kier molecular flexibility index (Phi) is 10.8. The van der Waals surface area contributed by atoms with Crippen molar-refractivity contribution in [2.24, 2.45) is 5.92 Å². The van der Waals surface area contributed by atoms with E-state index in [-0.39, 0.29) is 35.4 Å². The second-order valence-electron chi connectivity index (χ2n) is 10.4. The van der Waals surface area contributed by atoms with Gasteiger partial charge in [-0.15, -0.1) is 0 Å². The number of nitrogens with one attached hydrogen (secondary N) is 1. The Labute approximate surface area is 262 Å². The number of benzene rings is 3. The lowest BCUT2D eigenvalue weighted by molar-refractivity contribution is -0.140. The second kappa shape index (κ2) is 14.3. The van der Waals surface area contributed by atoms with Crippen LogP contribution in [0.15, 0.2) is 71.6 Å². The first-order valence-corrected chi connectivity index (χ1v) is 16.2. The first kappa shape index (κ1) is 32.4. The van der Waals surface area contributed by atoms with Crippen LogP contribution >= 0.6 is 23.2 Å². The van der Waals surface area contributed by atoms with Gasteiger partial charge in [0.05, 0.1) is 10.6 Å². The van der Waals surface area contributed by atoms with Gasteiger partial charge in [-0.25, -0.2) is 8.42 Å². The topological polar surface area (TPSA) is 105 Å². The number of sulfonamides is 1. The number of carbonyl (C=O) groups excluding carboxylic acids is 2. The maximum atomic E-state index is 14.3. The van der Waals surface area contributed by atoms with Crippen molar-refractivity contribution in [3.05, 3.63) is 82.3 Å². The Morgan fingerprint density at radius 1 is 0.930 bits per heavy atom. The van der Waals surface area contributed by atoms with Gasteiger partial charge in [0.1, 0.15) is 25.8 Å². The fraction of sp³-hybridized carbons (Fsp3) is 0.355. The van der Waals surface area contributed by atoms with Crippen LogP contribution in [-0.2, 0) is 26.2 Å². The van der Waals surface area contributed by atoms with Gasteiger partial charge < -0.3 is 19.7 Å². The molecular weight excluding hydrogens is 613 g/mol. The predicted octanol–water partition coefficient (Wildman–Crippen LogP) is 5.54. The summed E-state index contributed by atoms with van der Waals surface area (Å²) < 4.78 is 40.4. The molecule has 0 saturated heterocycles. The molecule has 0 spiro atoms. The summed E-state index contributed by atoms with van der Waals surface area (Å²) in [4.78, 5) is 29.0. The van der Waals surface area contributed by atoms with Gasteiger partial charge in [-0.2, -0.15) is 0 Å². The molecule has 0 fully saturated rings. The number of ether oxygens (including phenoxy) is 2. The highest BCUT2D eigenvalue weighted by atomic mass is 35.5. The van der Waals surface area contributed by atoms with Crippen molar-refractivity contribution in [3.63, 3.8) is 0 Å². The molecule has 230 valence electrons. The average Bonchev–Trinajstić information content (AvgIpc) is 3.00. The third-order valence-corrected chi connectivity index (χ3v) is 9.38. The molecule has 12 heteroatoms. The Morgan fingerprint density at radius 3 is 2.21 bits per heavy atom. The summed E-state index contributed by atoms with van der Waals surface area (Å²) in [6.07, 6.45) is 0.271. The second-order valence-corrected chi connectivity index (χ2v) is 13.1. The van der Waals surface area contributed by atoms with Crippen LogP contribution in [-0.4, -0.2) is 57.5 Å². The van der Waals surface area contributed by atoms with E-state index >= 15 is 0 Å². The van der Waals surface area contributed by atoms with Gasteiger partial charge >= 0.3 is 0 Å². The van der Waals surface area contributed by atoms with Crippen LogP contribution in [0.4, 0.5) is 5.69 Å². The number of nitrogens with zero attached hydrogens (tertiary/aromatic N) is 2. The highest BCUT2D eigenvalue weighted by Gasteiger charge is 2.34. The maximum absolute atomic E-state index is 14.3. The van der Waals surface area contributed by atoms with Crippen molar-refractivity contribution >= 4 is 50.7 Å². The molecule has 1 atom stereocenters. The zero-order valence-corrected chi connectivity index (χ0v) is 26.6. The summed E-state index contributed by atoms with van der Waals surface area (Å²) in [6.45, 7) is 6.09. The van der Waals surface area contributed by atoms with Gasteiger partial charge in [0, 0.05) is 34.8 Å². The number of halogens is 2. The molecule has 0 unspecified atom stereocenters. The van der Waals surface area contributed by atoms with Crippen molar-refractivity contribution in [3.8, 4) is 11.5 Å². The van der Waals surface area contributed by atoms with Crippen LogP contribution in [0.3, 0.4) is 0 Å². The normalized spacial score (nSPS) is 13.3. The Bertz CT molecular complexity index is 1530. The van der Waals surface area contributed by atoms with Crippen molar-refractivity contribution in [2.75, 3.05) is 30.6 Å². The van der Waals surface area contributed by atoms with Gasteiger partial charge in [-0.3, -0.25) is 13.9 Å². The summed E-state index contributed by atoms with van der Waals surface area (Å²) in [5.41, 5.74) is 0.653. The van der Waals surface area contributed by atoms with E-state index in [0.29, 0.717) is 46.9 Å². The number of anilines is 1. The molecule has 1 aliphatic heterocycles. The van der Waals surface area contributed by atoms with Crippen molar-refractivity contribution in [1.82, 2.24) is 10.2 Å². The zero-order valence-electron chi connectivity index (χ0n) is 24.3. The van der Waals surface area contributed by atoms with E-state index in [1.165, 1.54) is 23.1 Å². The predicted molar refractivity (Wildman–Crippen MR) is 167 cm³/mol. The van der Waals surface area contributed by atoms with E-state index in [9.17, 15) is 18.0 Å². The van der Waals surface area contributed by atoms with Crippen molar-refractivity contribution < 1.29 is 27.5 Å². The molecule has 0 aliphatic carbocycles. The maximum Gasteiger partial charge on any atom is 0.264 e. The fourth-order valence-corrected chi connectivity index (χ4v) is 6.58. The molecule has 4 rings (SSSR count). The molecular formula is C31H35Cl2N3O6S. The quantitative estimate of drug-likeness (QED) is 0.277. The number of carbonyl (C=O) groups is 2. The lowest BCUT2D eigenvalue weighted by Gasteiger charge is -2.34. The minimum Gasteiger partial charge on any atom is -0.486 e. The molecule has 0 saturated carbocycles. The average molecular weight is 649 g/mol. The summed E-state index contributed by atoms with van der Waals surface area (Å²) in [5.74, 6) is 0.0525. The van der Waals surface area contributed by atoms with Gasteiger partial charge in [-0.1, -0.05) is 68.2 Å². The van der Waals surface area contributed by atoms with E-state index in [1.807, 2.05) is 13.8 Å². The molecule has 43 heavy (non-hydrogen) atoms. The van der Waals surface area contributed by atoms with Gasteiger partial charge in [0.2, 0.25) is 11.8 Å². The number of hydrogen-bond donors (Lipinski definition) is 1. The summed E-state index contributed by atoms with van der Waals surface area (Å²) in [5, 5.41) is 3.54. The third-order valence-electron chi connectivity index (χ3n) is 6.88. The lowest BCUT2D eigenvalue weighted by Crippen LogP contribution is -2.52. The minimum absolute atomic E-state index is 0.0000975.